The molecule has 0 N–H and O–H groups in total. The summed E-state index contributed by atoms with van der Waals surface area (Å²) in [6.45, 7) is 6.72. The molecule has 0 aliphatic carbocycles. The third kappa shape index (κ3) is 3.18. The van der Waals surface area contributed by atoms with Crippen molar-refractivity contribution in [3.8, 4) is 0 Å². The average molecular weight is 346 g/mol. The normalized spacial score (nSPS) is 23.3. The van der Waals surface area contributed by atoms with Crippen LogP contribution in [-0.4, -0.2) is 34.2 Å². The number of rotatable bonds is 4. The van der Waals surface area contributed by atoms with Crippen molar-refractivity contribution >= 4 is 25.2 Å². The van der Waals surface area contributed by atoms with Gasteiger partial charge in [-0.3, -0.25) is 9.59 Å². The quantitative estimate of drug-likeness (QED) is 0.478. The average Bonchev–Trinajstić information content (AvgIpc) is 3.01. The second kappa shape index (κ2) is 6.93. The smallest absolute Gasteiger partial charge is 0.320 e. The Morgan fingerprint density at radius 3 is 2.08 bits per heavy atom. The minimum atomic E-state index is -2.05. The molecule has 0 aromatic heterocycles. The van der Waals surface area contributed by atoms with E-state index in [2.05, 4.69) is 50.7 Å². The minimum Gasteiger partial charge on any atom is -0.468 e. The molecule has 0 unspecified atom stereocenters. The van der Waals surface area contributed by atoms with E-state index >= 15 is 0 Å². The molecule has 1 aliphatic heterocycles. The van der Waals surface area contributed by atoms with Crippen LogP contribution in [0.3, 0.4) is 0 Å². The minimum absolute atomic E-state index is 0.0659. The molecule has 4 nitrogen and oxygen atoms in total. The Hall–Kier alpha value is -1.88. The van der Waals surface area contributed by atoms with Crippen LogP contribution in [0.1, 0.15) is 20.8 Å². The summed E-state index contributed by atoms with van der Waals surface area (Å²) in [7, 11) is 0.567. The highest BCUT2D eigenvalue weighted by Gasteiger charge is 2.51. The van der Waals surface area contributed by atoms with E-state index in [4.69, 9.17) is 9.47 Å². The van der Waals surface area contributed by atoms with Crippen molar-refractivity contribution < 1.29 is 19.1 Å². The van der Waals surface area contributed by atoms with E-state index in [-0.39, 0.29) is 11.0 Å². The van der Waals surface area contributed by atoms with Gasteiger partial charge in [0.15, 0.2) is 5.92 Å². The Balaban J connectivity index is 2.42. The number of methoxy groups -OCH3 is 2. The van der Waals surface area contributed by atoms with Gasteiger partial charge >= 0.3 is 11.9 Å². The standard InChI is InChI=1S/C19H26O4Si/c1-19(2,3)24(15-9-7-6-8-10-15)12-11-14(13-24)16(17(20)22-4)18(21)23-5/h6-12,14,16H,13H2,1-5H3/t14-,24-/m0/s1. The first-order chi connectivity index (χ1) is 11.3. The van der Waals surface area contributed by atoms with Crippen molar-refractivity contribution in [2.45, 2.75) is 31.9 Å². The lowest BCUT2D eigenvalue weighted by Crippen LogP contribution is -2.53. The van der Waals surface area contributed by atoms with Gasteiger partial charge in [0.05, 0.1) is 14.2 Å². The van der Waals surface area contributed by atoms with Crippen molar-refractivity contribution in [3.63, 3.8) is 0 Å². The van der Waals surface area contributed by atoms with Gasteiger partial charge in [0.1, 0.15) is 8.07 Å². The Morgan fingerprint density at radius 1 is 1.08 bits per heavy atom. The molecular weight excluding hydrogens is 320 g/mol. The van der Waals surface area contributed by atoms with Gasteiger partial charge in [-0.1, -0.05) is 68.1 Å². The first-order valence-corrected chi connectivity index (χ1v) is 10.5. The molecule has 0 radical (unpaired) electrons. The zero-order valence-electron chi connectivity index (χ0n) is 15.0. The van der Waals surface area contributed by atoms with Gasteiger partial charge in [-0.05, 0) is 17.0 Å². The highest BCUT2D eigenvalue weighted by molar-refractivity contribution is 6.98. The fourth-order valence-electron chi connectivity index (χ4n) is 3.66. The van der Waals surface area contributed by atoms with Gasteiger partial charge in [0.25, 0.3) is 0 Å². The van der Waals surface area contributed by atoms with E-state index in [1.807, 2.05) is 12.1 Å². The topological polar surface area (TPSA) is 52.6 Å². The number of esters is 2. The predicted octanol–water partition coefficient (Wildman–Crippen LogP) is 2.83. The molecule has 2 rings (SSSR count). The molecule has 0 saturated heterocycles. The summed E-state index contributed by atoms with van der Waals surface area (Å²) < 4.78 is 9.70. The zero-order chi connectivity index (χ0) is 18.0. The van der Waals surface area contributed by atoms with E-state index in [1.165, 1.54) is 19.4 Å². The summed E-state index contributed by atoms with van der Waals surface area (Å²) in [4.78, 5) is 24.3. The molecule has 2 atom stereocenters. The van der Waals surface area contributed by atoms with Crippen molar-refractivity contribution in [1.29, 1.82) is 0 Å². The maximum atomic E-state index is 12.2. The fourth-order valence-corrected chi connectivity index (χ4v) is 8.68. The molecule has 0 spiro atoms. The zero-order valence-corrected chi connectivity index (χ0v) is 16.0. The van der Waals surface area contributed by atoms with E-state index in [9.17, 15) is 9.59 Å². The summed E-state index contributed by atoms with van der Waals surface area (Å²) in [5, 5.41) is 1.39. The van der Waals surface area contributed by atoms with Crippen molar-refractivity contribution in [1.82, 2.24) is 0 Å². The van der Waals surface area contributed by atoms with Crippen molar-refractivity contribution in [3.05, 3.63) is 42.1 Å². The van der Waals surface area contributed by atoms with Crippen LogP contribution in [0.4, 0.5) is 0 Å². The summed E-state index contributed by atoms with van der Waals surface area (Å²) >= 11 is 0. The van der Waals surface area contributed by atoms with Gasteiger partial charge in [-0.2, -0.15) is 0 Å². The van der Waals surface area contributed by atoms with Crippen molar-refractivity contribution in [2.24, 2.45) is 11.8 Å². The first-order valence-electron chi connectivity index (χ1n) is 8.17. The van der Waals surface area contributed by atoms with Crippen molar-refractivity contribution in [2.75, 3.05) is 14.2 Å². The van der Waals surface area contributed by atoms with Crippen LogP contribution in [0, 0.1) is 11.8 Å². The molecule has 1 heterocycles. The lowest BCUT2D eigenvalue weighted by molar-refractivity contribution is -0.160. The number of hydrogen-bond donors (Lipinski definition) is 0. The van der Waals surface area contributed by atoms with Gasteiger partial charge in [0, 0.05) is 0 Å². The highest BCUT2D eigenvalue weighted by Crippen LogP contribution is 2.47. The number of ether oxygens (including phenoxy) is 2. The largest absolute Gasteiger partial charge is 0.468 e. The molecule has 0 fully saturated rings. The molecule has 0 amide bonds. The number of allylic oxidation sites excluding steroid dienone is 1. The van der Waals surface area contributed by atoms with Gasteiger partial charge < -0.3 is 9.47 Å². The molecule has 1 aromatic rings. The highest BCUT2D eigenvalue weighted by atomic mass is 28.3. The van der Waals surface area contributed by atoms with Crippen LogP contribution >= 0.6 is 0 Å². The molecule has 24 heavy (non-hydrogen) atoms. The molecule has 0 saturated carbocycles. The van der Waals surface area contributed by atoms with Gasteiger partial charge in [0.2, 0.25) is 0 Å². The Morgan fingerprint density at radius 2 is 1.62 bits per heavy atom. The van der Waals surface area contributed by atoms with E-state index in [0.717, 1.165) is 6.04 Å². The maximum Gasteiger partial charge on any atom is 0.320 e. The molecule has 0 bridgehead atoms. The maximum absolute atomic E-state index is 12.2. The van der Waals surface area contributed by atoms with Crippen LogP contribution < -0.4 is 5.19 Å². The van der Waals surface area contributed by atoms with E-state index in [1.54, 1.807) is 0 Å². The predicted molar refractivity (Wildman–Crippen MR) is 96.5 cm³/mol. The lowest BCUT2D eigenvalue weighted by Gasteiger charge is -2.40. The van der Waals surface area contributed by atoms with E-state index in [0.29, 0.717) is 0 Å². The fraction of sp³-hybridized carbons (Fsp3) is 0.474. The molecule has 1 aromatic carbocycles. The summed E-state index contributed by atoms with van der Waals surface area (Å²) in [6.07, 6.45) is 2.03. The third-order valence-corrected chi connectivity index (χ3v) is 11.1. The Bertz CT molecular complexity index is 617. The molecule has 5 heteroatoms. The second-order valence-electron chi connectivity index (χ2n) is 7.34. The van der Waals surface area contributed by atoms with E-state index < -0.39 is 25.9 Å². The molecule has 1 aliphatic rings. The second-order valence-corrected chi connectivity index (χ2v) is 12.1. The summed E-state index contributed by atoms with van der Waals surface area (Å²) in [6, 6.07) is 11.2. The number of carbonyl (C=O) groups is 2. The van der Waals surface area contributed by atoms with Gasteiger partial charge in [-0.25, -0.2) is 0 Å². The van der Waals surface area contributed by atoms with Crippen LogP contribution in [0.5, 0.6) is 0 Å². The van der Waals surface area contributed by atoms with Crippen LogP contribution in [0.15, 0.2) is 42.1 Å². The Labute approximate surface area is 144 Å². The summed E-state index contributed by atoms with van der Waals surface area (Å²) in [5.74, 6) is -2.13. The number of carbonyl (C=O) groups excluding carboxylic acids is 2. The SMILES string of the molecule is COC(=O)C(C(=O)OC)[C@H]1C=C[Si@](c2ccccc2)(C(C)(C)C)C1. The Kier molecular flexibility index (Phi) is 5.33. The van der Waals surface area contributed by atoms with Crippen LogP contribution in [0.25, 0.3) is 0 Å². The lowest BCUT2D eigenvalue weighted by atomic mass is 9.94. The summed E-state index contributed by atoms with van der Waals surface area (Å²) in [5.41, 5.74) is 2.28. The van der Waals surface area contributed by atoms with Crippen LogP contribution in [0.2, 0.25) is 11.1 Å². The molecular formula is C19H26O4Si. The monoisotopic (exact) mass is 346 g/mol. The first kappa shape index (κ1) is 18.5. The number of hydrogen-bond acceptors (Lipinski definition) is 4. The van der Waals surface area contributed by atoms with Gasteiger partial charge in [-0.15, -0.1) is 0 Å². The number of benzene rings is 1. The third-order valence-electron chi connectivity index (χ3n) is 5.15. The van der Waals surface area contributed by atoms with Crippen LogP contribution in [-0.2, 0) is 19.1 Å². The molecule has 130 valence electrons.